The molecule has 6 nitrogen and oxygen atoms in total. The van der Waals surface area contributed by atoms with Crippen LogP contribution in [0.25, 0.3) is 0 Å². The predicted molar refractivity (Wildman–Crippen MR) is 46.3 cm³/mol. The van der Waals surface area contributed by atoms with Gasteiger partial charge in [-0.2, -0.15) is 8.78 Å². The van der Waals surface area contributed by atoms with E-state index in [-0.39, 0.29) is 5.69 Å². The first-order valence-electron chi connectivity index (χ1n) is 3.87. The summed E-state index contributed by atoms with van der Waals surface area (Å²) in [6.07, 6.45) is -4.36. The van der Waals surface area contributed by atoms with Gasteiger partial charge in [0, 0.05) is 12.1 Å². The molecule has 0 saturated carbocycles. The Balaban J connectivity index is 2.84. The molecule has 0 aliphatic rings. The average Bonchev–Trinajstić information content (AvgIpc) is 2.17. The maximum absolute atomic E-state index is 12.5. The Bertz CT molecular complexity index is 417. The molecular weight excluding hydrogens is 228 g/mol. The van der Waals surface area contributed by atoms with Gasteiger partial charge in [0.2, 0.25) is 0 Å². The Kier molecular flexibility index (Phi) is 3.02. The summed E-state index contributed by atoms with van der Waals surface area (Å²) in [5.41, 5.74) is -0.314. The zero-order chi connectivity index (χ0) is 12.3. The highest BCUT2D eigenvalue weighted by molar-refractivity contribution is 5.73. The van der Waals surface area contributed by atoms with E-state index in [1.165, 1.54) is 0 Å². The zero-order valence-corrected chi connectivity index (χ0v) is 7.59. The van der Waals surface area contributed by atoms with E-state index in [0.717, 1.165) is 24.3 Å². The molecule has 1 rings (SSSR count). The van der Waals surface area contributed by atoms with E-state index in [1.54, 1.807) is 0 Å². The fourth-order valence-electron chi connectivity index (χ4n) is 0.828. The fraction of sp³-hybridized carbons (Fsp3) is 0.125. The van der Waals surface area contributed by atoms with Crippen LogP contribution in [0, 0.1) is 10.1 Å². The van der Waals surface area contributed by atoms with Gasteiger partial charge >= 0.3 is 12.1 Å². The van der Waals surface area contributed by atoms with E-state index in [0.29, 0.717) is 0 Å². The summed E-state index contributed by atoms with van der Waals surface area (Å²) in [5.74, 6) is -2.91. The summed E-state index contributed by atoms with van der Waals surface area (Å²) >= 11 is 0. The Morgan fingerprint density at radius 3 is 2.25 bits per heavy atom. The third kappa shape index (κ3) is 2.62. The van der Waals surface area contributed by atoms with Gasteiger partial charge in [-0.25, -0.2) is 4.79 Å². The number of hydrogen-bond acceptors (Lipinski definition) is 4. The Morgan fingerprint density at radius 2 is 1.88 bits per heavy atom. The molecule has 0 spiro atoms. The lowest BCUT2D eigenvalue weighted by atomic mass is 10.3. The summed E-state index contributed by atoms with van der Waals surface area (Å²) in [7, 11) is 0. The first kappa shape index (κ1) is 11.8. The number of halogens is 2. The zero-order valence-electron chi connectivity index (χ0n) is 7.59. The highest BCUT2D eigenvalue weighted by Crippen LogP contribution is 2.23. The molecule has 0 bridgehead atoms. The maximum atomic E-state index is 12.5. The van der Waals surface area contributed by atoms with Gasteiger partial charge in [0.05, 0.1) is 4.92 Å². The van der Waals surface area contributed by atoms with E-state index in [2.05, 4.69) is 4.74 Å². The highest BCUT2D eigenvalue weighted by Gasteiger charge is 2.42. The molecule has 0 saturated heterocycles. The van der Waals surface area contributed by atoms with Gasteiger partial charge in [0.15, 0.2) is 0 Å². The van der Waals surface area contributed by atoms with Crippen molar-refractivity contribution >= 4 is 11.7 Å². The molecule has 0 unspecified atom stereocenters. The number of nitro benzene ring substituents is 1. The quantitative estimate of drug-likeness (QED) is 0.630. The normalized spacial score (nSPS) is 10.9. The molecule has 1 aromatic carbocycles. The Hall–Kier alpha value is -2.25. The number of carboxylic acid groups (broad SMARTS) is 1. The summed E-state index contributed by atoms with van der Waals surface area (Å²) in [4.78, 5) is 19.5. The molecule has 0 aliphatic carbocycles. The van der Waals surface area contributed by atoms with Crippen molar-refractivity contribution in [3.8, 4) is 5.75 Å². The number of carbonyl (C=O) groups is 1. The second-order valence-corrected chi connectivity index (χ2v) is 2.68. The Labute approximate surface area is 87.2 Å². The van der Waals surface area contributed by atoms with E-state index in [1.807, 2.05) is 0 Å². The van der Waals surface area contributed by atoms with Crippen LogP contribution in [0.3, 0.4) is 0 Å². The summed E-state index contributed by atoms with van der Waals surface area (Å²) in [6.45, 7) is 0. The van der Waals surface area contributed by atoms with Gasteiger partial charge in [-0.05, 0) is 12.1 Å². The van der Waals surface area contributed by atoms with E-state index in [9.17, 15) is 23.7 Å². The SMILES string of the molecule is O=C(O)C(F)(F)Oc1ccc([N+](=O)[O-])cc1. The molecular formula is C8H5F2NO5. The first-order chi connectivity index (χ1) is 7.33. The van der Waals surface area contributed by atoms with Gasteiger partial charge in [-0.15, -0.1) is 0 Å². The van der Waals surface area contributed by atoms with Crippen molar-refractivity contribution in [2.75, 3.05) is 0 Å². The predicted octanol–water partition coefficient (Wildman–Crippen LogP) is 1.65. The van der Waals surface area contributed by atoms with Crippen LogP contribution in [0.1, 0.15) is 0 Å². The van der Waals surface area contributed by atoms with Crippen molar-refractivity contribution < 1.29 is 28.3 Å². The number of non-ortho nitro benzene ring substituents is 1. The molecule has 0 fully saturated rings. The smallest absolute Gasteiger partial charge is 0.474 e. The number of nitro groups is 1. The van der Waals surface area contributed by atoms with Crippen molar-refractivity contribution in [2.24, 2.45) is 0 Å². The minimum absolute atomic E-state index is 0.314. The minimum Gasteiger partial charge on any atom is -0.474 e. The van der Waals surface area contributed by atoms with Crippen molar-refractivity contribution in [2.45, 2.75) is 6.11 Å². The molecule has 8 heteroatoms. The number of carboxylic acids is 1. The molecule has 1 N–H and O–H groups in total. The molecule has 86 valence electrons. The summed E-state index contributed by atoms with van der Waals surface area (Å²) in [6, 6.07) is 3.62. The molecule has 0 atom stereocenters. The maximum Gasteiger partial charge on any atom is 0.501 e. The number of rotatable bonds is 4. The molecule has 0 amide bonds. The number of hydrogen-bond donors (Lipinski definition) is 1. The average molecular weight is 233 g/mol. The van der Waals surface area contributed by atoms with E-state index < -0.39 is 22.8 Å². The number of aliphatic carboxylic acids is 1. The number of benzene rings is 1. The molecule has 0 heterocycles. The van der Waals surface area contributed by atoms with Crippen molar-refractivity contribution in [1.82, 2.24) is 0 Å². The molecule has 16 heavy (non-hydrogen) atoms. The largest absolute Gasteiger partial charge is 0.501 e. The van der Waals surface area contributed by atoms with Crippen LogP contribution >= 0.6 is 0 Å². The van der Waals surface area contributed by atoms with Gasteiger partial charge in [0.25, 0.3) is 5.69 Å². The van der Waals surface area contributed by atoms with Gasteiger partial charge in [-0.1, -0.05) is 0 Å². The number of ether oxygens (including phenoxy) is 1. The topological polar surface area (TPSA) is 89.7 Å². The molecule has 1 aromatic rings. The van der Waals surface area contributed by atoms with Gasteiger partial charge < -0.3 is 9.84 Å². The standard InChI is InChI=1S/C8H5F2NO5/c9-8(10,7(12)13)16-6-3-1-5(2-4-6)11(14)15/h1-4H,(H,12,13). The minimum atomic E-state index is -4.36. The summed E-state index contributed by atoms with van der Waals surface area (Å²) < 4.78 is 28.9. The third-order valence-electron chi connectivity index (χ3n) is 1.54. The number of alkyl halides is 2. The Morgan fingerprint density at radius 1 is 1.38 bits per heavy atom. The van der Waals surface area contributed by atoms with Crippen LogP contribution in [0.4, 0.5) is 14.5 Å². The fourth-order valence-corrected chi connectivity index (χ4v) is 0.828. The van der Waals surface area contributed by atoms with Crippen LogP contribution in [0.15, 0.2) is 24.3 Å². The molecule has 0 radical (unpaired) electrons. The van der Waals surface area contributed by atoms with Crippen LogP contribution in [0.2, 0.25) is 0 Å². The third-order valence-corrected chi connectivity index (χ3v) is 1.54. The molecule has 0 aliphatic heterocycles. The van der Waals surface area contributed by atoms with Gasteiger partial charge in [0.1, 0.15) is 5.75 Å². The monoisotopic (exact) mass is 233 g/mol. The first-order valence-corrected chi connectivity index (χ1v) is 3.87. The lowest BCUT2D eigenvalue weighted by Crippen LogP contribution is -2.34. The van der Waals surface area contributed by atoms with Crippen LogP contribution in [0.5, 0.6) is 5.75 Å². The van der Waals surface area contributed by atoms with Crippen LogP contribution < -0.4 is 4.74 Å². The lowest BCUT2D eigenvalue weighted by Gasteiger charge is -2.12. The second kappa shape index (κ2) is 4.09. The van der Waals surface area contributed by atoms with Crippen LogP contribution in [-0.2, 0) is 4.79 Å². The van der Waals surface area contributed by atoms with Crippen molar-refractivity contribution in [1.29, 1.82) is 0 Å². The van der Waals surface area contributed by atoms with Crippen molar-refractivity contribution in [3.05, 3.63) is 34.4 Å². The van der Waals surface area contributed by atoms with E-state index >= 15 is 0 Å². The summed E-state index contributed by atoms with van der Waals surface area (Å²) in [5, 5.41) is 18.3. The number of nitrogens with zero attached hydrogens (tertiary/aromatic N) is 1. The van der Waals surface area contributed by atoms with E-state index in [4.69, 9.17) is 5.11 Å². The van der Waals surface area contributed by atoms with Gasteiger partial charge in [-0.3, -0.25) is 10.1 Å². The lowest BCUT2D eigenvalue weighted by molar-refractivity contribution is -0.384. The van der Waals surface area contributed by atoms with Crippen LogP contribution in [-0.4, -0.2) is 22.1 Å². The molecule has 0 aromatic heterocycles. The second-order valence-electron chi connectivity index (χ2n) is 2.68. The highest BCUT2D eigenvalue weighted by atomic mass is 19.3. The van der Waals surface area contributed by atoms with Crippen molar-refractivity contribution in [3.63, 3.8) is 0 Å².